The Morgan fingerprint density at radius 3 is 2.16 bits per heavy atom. The van der Waals surface area contributed by atoms with Crippen LogP contribution in [0.1, 0.15) is 34.3 Å². The number of hydrogen-bond acceptors (Lipinski definition) is 5. The number of piperazine rings is 1. The van der Waals surface area contributed by atoms with E-state index in [0.717, 1.165) is 63.0 Å². The maximum absolute atomic E-state index is 14.1. The Hall–Kier alpha value is -4.04. The van der Waals surface area contributed by atoms with Gasteiger partial charge in [-0.1, -0.05) is 91.0 Å². The Kier molecular flexibility index (Phi) is 12.7. The van der Waals surface area contributed by atoms with Gasteiger partial charge >= 0.3 is 0 Å². The van der Waals surface area contributed by atoms with Gasteiger partial charge in [-0.05, 0) is 55.6 Å². The number of hydrogen-bond donors (Lipinski definition) is 2. The summed E-state index contributed by atoms with van der Waals surface area (Å²) in [5.74, 6) is 0.0267. The first-order valence-corrected chi connectivity index (χ1v) is 15.2. The lowest BCUT2D eigenvalue weighted by Gasteiger charge is -2.42. The number of rotatable bonds is 12. The smallest absolute Gasteiger partial charge is 0.256 e. The number of carbonyl (C=O) groups excluding carboxylic acids is 2. The van der Waals surface area contributed by atoms with Gasteiger partial charge in [0.05, 0.1) is 17.8 Å². The first kappa shape index (κ1) is 31.9. The van der Waals surface area contributed by atoms with Gasteiger partial charge in [-0.15, -0.1) is 0 Å². The van der Waals surface area contributed by atoms with E-state index in [0.29, 0.717) is 18.7 Å². The molecule has 0 saturated carbocycles. The number of benzene rings is 3. The molecular weight excluding hydrogens is 536 g/mol. The lowest BCUT2D eigenvalue weighted by atomic mass is 9.99. The molecule has 1 aromatic heterocycles. The van der Waals surface area contributed by atoms with Crippen LogP contribution in [0.2, 0.25) is 0 Å². The van der Waals surface area contributed by atoms with Crippen molar-refractivity contribution in [2.45, 2.75) is 38.4 Å². The SMILES string of the molecule is CNCCCCO.O=CCn1ccc(C(=O)N2CCN(Cc3ccccc3)C[C@H]2Cc2ccccc2)c1-c1ccccc1. The van der Waals surface area contributed by atoms with Crippen molar-refractivity contribution >= 4 is 12.2 Å². The number of carbonyl (C=O) groups is 2. The largest absolute Gasteiger partial charge is 0.396 e. The van der Waals surface area contributed by atoms with Gasteiger partial charge in [-0.3, -0.25) is 9.69 Å². The van der Waals surface area contributed by atoms with Crippen molar-refractivity contribution in [2.24, 2.45) is 0 Å². The summed E-state index contributed by atoms with van der Waals surface area (Å²) in [5.41, 5.74) is 4.90. The molecule has 0 bridgehead atoms. The van der Waals surface area contributed by atoms with E-state index in [-0.39, 0.29) is 18.5 Å². The van der Waals surface area contributed by atoms with Crippen molar-refractivity contribution in [2.75, 3.05) is 39.8 Å². The molecule has 1 saturated heterocycles. The molecule has 43 heavy (non-hydrogen) atoms. The summed E-state index contributed by atoms with van der Waals surface area (Å²) in [6.45, 7) is 4.72. The first-order chi connectivity index (χ1) is 21.1. The number of amides is 1. The van der Waals surface area contributed by atoms with E-state index in [1.165, 1.54) is 11.1 Å². The normalized spacial score (nSPS) is 15.0. The molecule has 1 atom stereocenters. The maximum atomic E-state index is 14.1. The number of aldehydes is 1. The molecule has 0 aliphatic carbocycles. The van der Waals surface area contributed by atoms with Crippen LogP contribution in [0, 0.1) is 0 Å². The molecule has 4 aromatic rings. The predicted molar refractivity (Wildman–Crippen MR) is 173 cm³/mol. The standard InChI is InChI=1S/C31H31N3O2.C5H13NO/c35-21-20-33-17-16-29(30(33)27-14-8-3-9-15-27)31(36)34-19-18-32(23-26-12-6-2-7-13-26)24-28(34)22-25-10-4-1-5-11-25;1-6-4-2-3-5-7/h1-17,21,28H,18-20,22-24H2;6-7H,2-5H2,1H3/t28-;/m1./s1. The maximum Gasteiger partial charge on any atom is 0.256 e. The number of aliphatic hydroxyl groups is 1. The van der Waals surface area contributed by atoms with E-state index < -0.39 is 0 Å². The molecule has 3 aromatic carbocycles. The number of nitrogens with zero attached hydrogens (tertiary/aromatic N) is 3. The predicted octanol–water partition coefficient (Wildman–Crippen LogP) is 4.90. The highest BCUT2D eigenvalue weighted by Crippen LogP contribution is 2.28. The lowest BCUT2D eigenvalue weighted by Crippen LogP contribution is -2.55. The zero-order valence-electron chi connectivity index (χ0n) is 25.1. The van der Waals surface area contributed by atoms with Crippen LogP contribution < -0.4 is 5.32 Å². The van der Waals surface area contributed by atoms with Crippen molar-refractivity contribution in [1.82, 2.24) is 19.7 Å². The molecule has 1 aliphatic heterocycles. The molecule has 2 N–H and O–H groups in total. The van der Waals surface area contributed by atoms with E-state index in [1.807, 2.05) is 71.2 Å². The second kappa shape index (κ2) is 17.2. The molecule has 0 radical (unpaired) electrons. The molecule has 226 valence electrons. The highest BCUT2D eigenvalue weighted by Gasteiger charge is 2.33. The molecule has 0 spiro atoms. The van der Waals surface area contributed by atoms with Gasteiger partial charge in [0.25, 0.3) is 5.91 Å². The molecule has 1 aliphatic rings. The van der Waals surface area contributed by atoms with Crippen molar-refractivity contribution in [1.29, 1.82) is 0 Å². The Bertz CT molecular complexity index is 1370. The molecule has 2 heterocycles. The van der Waals surface area contributed by atoms with Gasteiger partial charge < -0.3 is 24.7 Å². The van der Waals surface area contributed by atoms with Crippen LogP contribution in [0.3, 0.4) is 0 Å². The third-order valence-corrected chi connectivity index (χ3v) is 7.74. The monoisotopic (exact) mass is 580 g/mol. The summed E-state index contributed by atoms with van der Waals surface area (Å²) < 4.78 is 1.87. The van der Waals surface area contributed by atoms with Crippen LogP contribution in [-0.4, -0.2) is 77.5 Å². The zero-order valence-corrected chi connectivity index (χ0v) is 25.1. The average Bonchev–Trinajstić information content (AvgIpc) is 3.47. The quantitative estimate of drug-likeness (QED) is 0.184. The van der Waals surface area contributed by atoms with E-state index >= 15 is 0 Å². The molecule has 1 amide bonds. The average molecular weight is 581 g/mol. The number of aliphatic hydroxyl groups excluding tert-OH is 1. The molecule has 1 fully saturated rings. The molecule has 5 rings (SSSR count). The number of unbranched alkanes of at least 4 members (excludes halogenated alkanes) is 1. The van der Waals surface area contributed by atoms with Crippen LogP contribution in [0.5, 0.6) is 0 Å². The van der Waals surface area contributed by atoms with Crippen molar-refractivity contribution in [3.05, 3.63) is 120 Å². The van der Waals surface area contributed by atoms with Crippen molar-refractivity contribution in [3.63, 3.8) is 0 Å². The van der Waals surface area contributed by atoms with Crippen LogP contribution in [0.15, 0.2) is 103 Å². The summed E-state index contributed by atoms with van der Waals surface area (Å²) >= 11 is 0. The zero-order chi connectivity index (χ0) is 30.3. The van der Waals surface area contributed by atoms with Crippen LogP contribution in [0.25, 0.3) is 11.3 Å². The van der Waals surface area contributed by atoms with Crippen molar-refractivity contribution < 1.29 is 14.7 Å². The molecule has 7 nitrogen and oxygen atoms in total. The van der Waals surface area contributed by atoms with Crippen LogP contribution in [0.4, 0.5) is 0 Å². The van der Waals surface area contributed by atoms with Gasteiger partial charge in [0.15, 0.2) is 0 Å². The van der Waals surface area contributed by atoms with Gasteiger partial charge in [-0.2, -0.15) is 0 Å². The molecule has 7 heteroatoms. The van der Waals surface area contributed by atoms with E-state index in [1.54, 1.807) is 0 Å². The minimum atomic E-state index is 0.0267. The summed E-state index contributed by atoms with van der Waals surface area (Å²) in [6.07, 6.45) is 5.52. The molecular formula is C36H44N4O3. The second-order valence-corrected chi connectivity index (χ2v) is 10.9. The van der Waals surface area contributed by atoms with Gasteiger partial charge in [0.1, 0.15) is 6.29 Å². The fraction of sp³-hybridized carbons (Fsp3) is 0.333. The lowest BCUT2D eigenvalue weighted by molar-refractivity contribution is -0.108. The van der Waals surface area contributed by atoms with E-state index in [9.17, 15) is 9.59 Å². The number of nitrogens with one attached hydrogen (secondary N) is 1. The minimum Gasteiger partial charge on any atom is -0.396 e. The number of aromatic nitrogens is 1. The Morgan fingerprint density at radius 1 is 0.884 bits per heavy atom. The molecule has 0 unspecified atom stereocenters. The van der Waals surface area contributed by atoms with Gasteiger partial charge in [0.2, 0.25) is 0 Å². The fourth-order valence-corrected chi connectivity index (χ4v) is 5.60. The third kappa shape index (κ3) is 9.22. The highest BCUT2D eigenvalue weighted by atomic mass is 16.3. The summed E-state index contributed by atoms with van der Waals surface area (Å²) in [4.78, 5) is 29.9. The van der Waals surface area contributed by atoms with Crippen LogP contribution >= 0.6 is 0 Å². The van der Waals surface area contributed by atoms with Crippen LogP contribution in [-0.2, 0) is 24.3 Å². The Balaban J connectivity index is 0.000000541. The van der Waals surface area contributed by atoms with Gasteiger partial charge in [0, 0.05) is 45.0 Å². The third-order valence-electron chi connectivity index (χ3n) is 7.74. The fourth-order valence-electron chi connectivity index (χ4n) is 5.60. The topological polar surface area (TPSA) is 77.8 Å². The second-order valence-electron chi connectivity index (χ2n) is 10.9. The summed E-state index contributed by atoms with van der Waals surface area (Å²) in [6, 6.07) is 32.7. The van der Waals surface area contributed by atoms with Gasteiger partial charge in [-0.25, -0.2) is 0 Å². The summed E-state index contributed by atoms with van der Waals surface area (Å²) in [5, 5.41) is 11.3. The first-order valence-electron chi connectivity index (χ1n) is 15.2. The van der Waals surface area contributed by atoms with E-state index in [2.05, 4.69) is 58.7 Å². The minimum absolute atomic E-state index is 0.0267. The Labute approximate surface area is 255 Å². The van der Waals surface area contributed by atoms with Crippen molar-refractivity contribution in [3.8, 4) is 11.3 Å². The Morgan fingerprint density at radius 2 is 1.53 bits per heavy atom. The highest BCUT2D eigenvalue weighted by molar-refractivity contribution is 6.00. The van der Waals surface area contributed by atoms with E-state index in [4.69, 9.17) is 5.11 Å². The summed E-state index contributed by atoms with van der Waals surface area (Å²) in [7, 11) is 1.91.